The molecule has 5 heteroatoms. The van der Waals surface area contributed by atoms with E-state index in [4.69, 9.17) is 0 Å². The van der Waals surface area contributed by atoms with Crippen molar-refractivity contribution in [1.29, 1.82) is 0 Å². The summed E-state index contributed by atoms with van der Waals surface area (Å²) < 4.78 is 1.65. The van der Waals surface area contributed by atoms with Crippen molar-refractivity contribution in [3.8, 4) is 11.1 Å². The number of H-pyrrole nitrogens is 1. The number of benzene rings is 3. The van der Waals surface area contributed by atoms with Crippen LogP contribution in [0.4, 0.5) is 0 Å². The third-order valence-corrected chi connectivity index (χ3v) is 4.83. The zero-order valence-electron chi connectivity index (χ0n) is 14.5. The van der Waals surface area contributed by atoms with Gasteiger partial charge in [-0.2, -0.15) is 5.10 Å². The first kappa shape index (κ1) is 15.5. The fourth-order valence-electron chi connectivity index (χ4n) is 3.43. The third kappa shape index (κ3) is 2.69. The SMILES string of the molecule is O=c1c2ccccc2ncn1Cc1ccc(-c2cccc3[nH]ncc23)cc1. The van der Waals surface area contributed by atoms with Crippen LogP contribution in [0.15, 0.2) is 84.0 Å². The normalized spacial score (nSPS) is 11.3. The molecule has 0 aliphatic heterocycles. The maximum absolute atomic E-state index is 12.7. The molecule has 1 N–H and O–H groups in total. The van der Waals surface area contributed by atoms with Gasteiger partial charge in [0.1, 0.15) is 0 Å². The average molecular weight is 352 g/mol. The molecule has 0 unspecified atom stereocenters. The fourth-order valence-corrected chi connectivity index (χ4v) is 3.43. The number of fused-ring (bicyclic) bond motifs is 2. The standard InChI is InChI=1S/C22H16N4O/c27-22-18-4-1-2-6-20(18)23-14-26(22)13-15-8-10-16(11-9-15)17-5-3-7-21-19(17)12-24-25-21/h1-12,14H,13H2,(H,24,25). The number of para-hydroxylation sites is 1. The van der Waals surface area contributed by atoms with Crippen LogP contribution in [0.3, 0.4) is 0 Å². The van der Waals surface area contributed by atoms with E-state index in [1.165, 1.54) is 0 Å². The molecule has 3 aromatic carbocycles. The molecule has 0 spiro atoms. The van der Waals surface area contributed by atoms with Gasteiger partial charge in [-0.05, 0) is 34.9 Å². The van der Waals surface area contributed by atoms with Crippen molar-refractivity contribution in [3.05, 3.63) is 95.2 Å². The molecule has 0 fully saturated rings. The van der Waals surface area contributed by atoms with Crippen molar-refractivity contribution in [2.24, 2.45) is 0 Å². The minimum atomic E-state index is -0.0205. The Balaban J connectivity index is 1.49. The number of rotatable bonds is 3. The summed E-state index contributed by atoms with van der Waals surface area (Å²) in [5.74, 6) is 0. The molecule has 0 atom stereocenters. The van der Waals surface area contributed by atoms with Crippen molar-refractivity contribution in [1.82, 2.24) is 19.7 Å². The summed E-state index contributed by atoms with van der Waals surface area (Å²) >= 11 is 0. The van der Waals surface area contributed by atoms with E-state index >= 15 is 0 Å². The highest BCUT2D eigenvalue weighted by Gasteiger charge is 2.07. The Labute approximate surface area is 154 Å². The minimum Gasteiger partial charge on any atom is -0.294 e. The number of nitrogens with one attached hydrogen (secondary N) is 1. The van der Waals surface area contributed by atoms with Gasteiger partial charge >= 0.3 is 0 Å². The quantitative estimate of drug-likeness (QED) is 0.534. The summed E-state index contributed by atoms with van der Waals surface area (Å²) in [6, 6.07) is 21.8. The van der Waals surface area contributed by atoms with Gasteiger partial charge < -0.3 is 0 Å². The van der Waals surface area contributed by atoms with E-state index in [1.54, 1.807) is 10.9 Å². The number of aromatic amines is 1. The Morgan fingerprint density at radius 1 is 0.889 bits per heavy atom. The van der Waals surface area contributed by atoms with Crippen LogP contribution in [0.5, 0.6) is 0 Å². The highest BCUT2D eigenvalue weighted by Crippen LogP contribution is 2.27. The summed E-state index contributed by atoms with van der Waals surface area (Å²) in [6.07, 6.45) is 3.46. The Kier molecular flexibility index (Phi) is 3.57. The van der Waals surface area contributed by atoms with E-state index in [0.717, 1.165) is 33.1 Å². The summed E-state index contributed by atoms with van der Waals surface area (Å²) in [6.45, 7) is 0.493. The number of nitrogens with zero attached hydrogens (tertiary/aromatic N) is 3. The van der Waals surface area contributed by atoms with Crippen molar-refractivity contribution < 1.29 is 0 Å². The third-order valence-electron chi connectivity index (χ3n) is 4.83. The minimum absolute atomic E-state index is 0.0205. The second kappa shape index (κ2) is 6.21. The first-order valence-electron chi connectivity index (χ1n) is 8.75. The zero-order valence-corrected chi connectivity index (χ0v) is 14.5. The molecule has 27 heavy (non-hydrogen) atoms. The van der Waals surface area contributed by atoms with Crippen LogP contribution >= 0.6 is 0 Å². The molecule has 5 aromatic rings. The highest BCUT2D eigenvalue weighted by atomic mass is 16.1. The van der Waals surface area contributed by atoms with Gasteiger partial charge in [0.05, 0.1) is 35.5 Å². The largest absolute Gasteiger partial charge is 0.294 e. The maximum atomic E-state index is 12.7. The molecule has 0 saturated heterocycles. The molecule has 5 nitrogen and oxygen atoms in total. The molecule has 0 aliphatic carbocycles. The number of hydrogen-bond acceptors (Lipinski definition) is 3. The van der Waals surface area contributed by atoms with E-state index in [-0.39, 0.29) is 5.56 Å². The summed E-state index contributed by atoms with van der Waals surface area (Å²) in [5, 5.41) is 8.86. The molecule has 0 bridgehead atoms. The van der Waals surface area contributed by atoms with Gasteiger partial charge in [-0.15, -0.1) is 0 Å². The van der Waals surface area contributed by atoms with Gasteiger partial charge in [-0.1, -0.05) is 48.5 Å². The van der Waals surface area contributed by atoms with Gasteiger partial charge in [0.15, 0.2) is 0 Å². The topological polar surface area (TPSA) is 63.6 Å². The summed E-state index contributed by atoms with van der Waals surface area (Å²) in [4.78, 5) is 17.0. The smallest absolute Gasteiger partial charge is 0.261 e. The Bertz CT molecular complexity index is 1320. The summed E-state index contributed by atoms with van der Waals surface area (Å²) in [5.41, 5.74) is 5.03. The first-order chi connectivity index (χ1) is 13.3. The molecule has 0 radical (unpaired) electrons. The van der Waals surface area contributed by atoms with E-state index in [9.17, 15) is 4.79 Å². The molecule has 2 heterocycles. The molecule has 0 aliphatic rings. The second-order valence-corrected chi connectivity index (χ2v) is 6.53. The lowest BCUT2D eigenvalue weighted by Crippen LogP contribution is -2.21. The Hall–Kier alpha value is -3.73. The lowest BCUT2D eigenvalue weighted by molar-refractivity contribution is 0.748. The predicted molar refractivity (Wildman–Crippen MR) is 107 cm³/mol. The lowest BCUT2D eigenvalue weighted by Gasteiger charge is -2.08. The van der Waals surface area contributed by atoms with Crippen LogP contribution < -0.4 is 5.56 Å². The van der Waals surface area contributed by atoms with Crippen LogP contribution in [-0.2, 0) is 6.54 Å². The van der Waals surface area contributed by atoms with E-state index in [2.05, 4.69) is 45.5 Å². The Morgan fingerprint density at radius 2 is 1.74 bits per heavy atom. The zero-order chi connectivity index (χ0) is 18.2. The summed E-state index contributed by atoms with van der Waals surface area (Å²) in [7, 11) is 0. The molecular formula is C22H16N4O. The number of aromatic nitrogens is 4. The molecule has 130 valence electrons. The number of hydrogen-bond donors (Lipinski definition) is 1. The van der Waals surface area contributed by atoms with Gasteiger partial charge in [-0.25, -0.2) is 4.98 Å². The molecular weight excluding hydrogens is 336 g/mol. The van der Waals surface area contributed by atoms with Crippen LogP contribution in [-0.4, -0.2) is 19.7 Å². The van der Waals surface area contributed by atoms with E-state index in [0.29, 0.717) is 11.9 Å². The van der Waals surface area contributed by atoms with E-state index < -0.39 is 0 Å². The highest BCUT2D eigenvalue weighted by molar-refractivity contribution is 5.94. The molecule has 0 amide bonds. The monoisotopic (exact) mass is 352 g/mol. The molecule has 5 rings (SSSR count). The van der Waals surface area contributed by atoms with Gasteiger partial charge in [-0.3, -0.25) is 14.5 Å². The van der Waals surface area contributed by atoms with Crippen molar-refractivity contribution >= 4 is 21.8 Å². The fraction of sp³-hybridized carbons (Fsp3) is 0.0455. The van der Waals surface area contributed by atoms with Crippen molar-refractivity contribution in [3.63, 3.8) is 0 Å². The second-order valence-electron chi connectivity index (χ2n) is 6.53. The van der Waals surface area contributed by atoms with Crippen molar-refractivity contribution in [2.45, 2.75) is 6.54 Å². The molecule has 0 saturated carbocycles. The van der Waals surface area contributed by atoms with Crippen LogP contribution in [0, 0.1) is 0 Å². The van der Waals surface area contributed by atoms with Gasteiger partial charge in [0, 0.05) is 5.39 Å². The lowest BCUT2D eigenvalue weighted by atomic mass is 10.0. The van der Waals surface area contributed by atoms with Gasteiger partial charge in [0.25, 0.3) is 5.56 Å². The van der Waals surface area contributed by atoms with E-state index in [1.807, 2.05) is 42.6 Å². The van der Waals surface area contributed by atoms with Gasteiger partial charge in [0.2, 0.25) is 0 Å². The van der Waals surface area contributed by atoms with Crippen LogP contribution in [0.1, 0.15) is 5.56 Å². The predicted octanol–water partition coefficient (Wildman–Crippen LogP) is 3.99. The van der Waals surface area contributed by atoms with Crippen LogP contribution in [0.25, 0.3) is 32.9 Å². The maximum Gasteiger partial charge on any atom is 0.261 e. The van der Waals surface area contributed by atoms with Crippen molar-refractivity contribution in [2.75, 3.05) is 0 Å². The van der Waals surface area contributed by atoms with Crippen LogP contribution in [0.2, 0.25) is 0 Å². The Morgan fingerprint density at radius 3 is 2.63 bits per heavy atom. The average Bonchev–Trinajstić information content (AvgIpc) is 3.20. The first-order valence-corrected chi connectivity index (χ1v) is 8.75. The molecule has 2 aromatic heterocycles.